The molecule has 98 valence electrons. The number of anilines is 1. The first-order chi connectivity index (χ1) is 8.56. The van der Waals surface area contributed by atoms with Crippen LogP contribution in [0.5, 0.6) is 0 Å². The summed E-state index contributed by atoms with van der Waals surface area (Å²) in [6.45, 7) is 2.22. The number of carbonyl (C=O) groups is 1. The average Bonchev–Trinajstić information content (AvgIpc) is 2.28. The highest BCUT2D eigenvalue weighted by atomic mass is 35.5. The van der Waals surface area contributed by atoms with Gasteiger partial charge in [0, 0.05) is 6.04 Å². The molecule has 0 aromatic carbocycles. The molecule has 2 atom stereocenters. The summed E-state index contributed by atoms with van der Waals surface area (Å²) in [4.78, 5) is 15.2. The number of aromatic carboxylic acids is 1. The van der Waals surface area contributed by atoms with Gasteiger partial charge in [-0.2, -0.15) is 0 Å². The van der Waals surface area contributed by atoms with Gasteiger partial charge >= 0.3 is 5.97 Å². The molecule has 1 aliphatic carbocycles. The van der Waals surface area contributed by atoms with E-state index in [0.717, 1.165) is 12.8 Å². The van der Waals surface area contributed by atoms with Crippen LogP contribution in [-0.4, -0.2) is 22.1 Å². The van der Waals surface area contributed by atoms with Gasteiger partial charge in [0.1, 0.15) is 16.5 Å². The lowest BCUT2D eigenvalue weighted by Crippen LogP contribution is -2.27. The molecular formula is C13H17ClN2O2. The first-order valence-corrected chi connectivity index (χ1v) is 6.60. The van der Waals surface area contributed by atoms with Gasteiger partial charge in [-0.05, 0) is 30.9 Å². The van der Waals surface area contributed by atoms with Crippen molar-refractivity contribution >= 4 is 23.4 Å². The van der Waals surface area contributed by atoms with Crippen molar-refractivity contribution in [2.75, 3.05) is 5.32 Å². The van der Waals surface area contributed by atoms with Crippen LogP contribution in [0.4, 0.5) is 5.82 Å². The summed E-state index contributed by atoms with van der Waals surface area (Å²) in [5.74, 6) is 0.0725. The fraction of sp³-hybridized carbons (Fsp3) is 0.538. The fourth-order valence-corrected chi connectivity index (χ4v) is 2.62. The number of halogens is 1. The summed E-state index contributed by atoms with van der Waals surface area (Å²) < 4.78 is 0. The Hall–Kier alpha value is -1.29. The smallest absolute Gasteiger partial charge is 0.339 e. The lowest BCUT2D eigenvalue weighted by molar-refractivity contribution is 0.0697. The molecule has 2 unspecified atom stereocenters. The third-order valence-corrected chi connectivity index (χ3v) is 3.58. The van der Waals surface area contributed by atoms with Crippen LogP contribution >= 0.6 is 11.6 Å². The molecule has 0 saturated heterocycles. The molecule has 1 aliphatic rings. The maximum atomic E-state index is 11.1. The number of hydrogen-bond donors (Lipinski definition) is 2. The molecule has 1 saturated carbocycles. The molecular weight excluding hydrogens is 252 g/mol. The Morgan fingerprint density at radius 1 is 1.50 bits per heavy atom. The second-order valence-electron chi connectivity index (χ2n) is 4.95. The number of hydrogen-bond acceptors (Lipinski definition) is 3. The van der Waals surface area contributed by atoms with Crippen LogP contribution in [0.15, 0.2) is 12.1 Å². The molecule has 1 aromatic rings. The van der Waals surface area contributed by atoms with Gasteiger partial charge in [-0.25, -0.2) is 9.78 Å². The van der Waals surface area contributed by atoms with Crippen LogP contribution in [0.2, 0.25) is 5.15 Å². The van der Waals surface area contributed by atoms with Crippen LogP contribution in [0, 0.1) is 5.92 Å². The van der Waals surface area contributed by atoms with Gasteiger partial charge in [0.2, 0.25) is 0 Å². The lowest BCUT2D eigenvalue weighted by atomic mass is 9.87. The molecule has 1 aromatic heterocycles. The van der Waals surface area contributed by atoms with E-state index in [4.69, 9.17) is 16.7 Å². The van der Waals surface area contributed by atoms with Crippen molar-refractivity contribution in [2.45, 2.75) is 38.6 Å². The third kappa shape index (κ3) is 3.13. The van der Waals surface area contributed by atoms with Gasteiger partial charge in [0.15, 0.2) is 0 Å². The SMILES string of the molecule is CC1CCCC(Nc2nc(Cl)ccc2C(=O)O)C1. The van der Waals surface area contributed by atoms with Crippen molar-refractivity contribution in [1.82, 2.24) is 4.98 Å². The van der Waals surface area contributed by atoms with Gasteiger partial charge in [-0.3, -0.25) is 0 Å². The van der Waals surface area contributed by atoms with Gasteiger partial charge in [-0.15, -0.1) is 0 Å². The number of carboxylic acids is 1. The normalized spacial score (nSPS) is 23.7. The van der Waals surface area contributed by atoms with E-state index in [2.05, 4.69) is 17.2 Å². The zero-order valence-corrected chi connectivity index (χ0v) is 11.1. The third-order valence-electron chi connectivity index (χ3n) is 3.37. The molecule has 18 heavy (non-hydrogen) atoms. The highest BCUT2D eigenvalue weighted by molar-refractivity contribution is 6.29. The van der Waals surface area contributed by atoms with Crippen molar-refractivity contribution in [1.29, 1.82) is 0 Å². The molecule has 0 spiro atoms. The zero-order chi connectivity index (χ0) is 13.1. The van der Waals surface area contributed by atoms with E-state index in [0.29, 0.717) is 16.9 Å². The zero-order valence-electron chi connectivity index (χ0n) is 10.3. The molecule has 1 heterocycles. The van der Waals surface area contributed by atoms with Crippen molar-refractivity contribution in [3.05, 3.63) is 22.8 Å². The molecule has 2 rings (SSSR count). The minimum absolute atomic E-state index is 0.178. The number of carboxylic acid groups (broad SMARTS) is 1. The van der Waals surface area contributed by atoms with Crippen LogP contribution in [-0.2, 0) is 0 Å². The van der Waals surface area contributed by atoms with Crippen LogP contribution in [0.3, 0.4) is 0 Å². The van der Waals surface area contributed by atoms with E-state index in [9.17, 15) is 4.79 Å². The predicted molar refractivity (Wildman–Crippen MR) is 71.2 cm³/mol. The van der Waals surface area contributed by atoms with Crippen LogP contribution < -0.4 is 5.32 Å². The molecule has 5 heteroatoms. The predicted octanol–water partition coefficient (Wildman–Crippen LogP) is 3.42. The minimum atomic E-state index is -0.981. The second-order valence-corrected chi connectivity index (χ2v) is 5.34. The minimum Gasteiger partial charge on any atom is -0.478 e. The number of nitrogens with one attached hydrogen (secondary N) is 1. The molecule has 0 radical (unpaired) electrons. The summed E-state index contributed by atoms with van der Waals surface area (Å²) >= 11 is 5.82. The highest BCUT2D eigenvalue weighted by Gasteiger charge is 2.21. The van der Waals surface area contributed by atoms with E-state index < -0.39 is 5.97 Å². The Labute approximate surface area is 111 Å². The van der Waals surface area contributed by atoms with Crippen LogP contribution in [0.1, 0.15) is 43.0 Å². The Bertz CT molecular complexity index is 451. The number of rotatable bonds is 3. The quantitative estimate of drug-likeness (QED) is 0.825. The Balaban J connectivity index is 2.16. The first kappa shape index (κ1) is 13.1. The molecule has 0 bridgehead atoms. The lowest BCUT2D eigenvalue weighted by Gasteiger charge is -2.28. The van der Waals surface area contributed by atoms with Crippen molar-refractivity contribution in [3.63, 3.8) is 0 Å². The molecule has 0 amide bonds. The van der Waals surface area contributed by atoms with E-state index >= 15 is 0 Å². The van der Waals surface area contributed by atoms with Gasteiger partial charge < -0.3 is 10.4 Å². The molecule has 4 nitrogen and oxygen atoms in total. The number of aromatic nitrogens is 1. The first-order valence-electron chi connectivity index (χ1n) is 6.22. The fourth-order valence-electron chi connectivity index (χ4n) is 2.48. The summed E-state index contributed by atoms with van der Waals surface area (Å²) in [6, 6.07) is 3.28. The van der Waals surface area contributed by atoms with E-state index in [1.165, 1.54) is 25.0 Å². The van der Waals surface area contributed by atoms with Gasteiger partial charge in [-0.1, -0.05) is 31.4 Å². The van der Waals surface area contributed by atoms with E-state index in [1.807, 2.05) is 0 Å². The van der Waals surface area contributed by atoms with E-state index in [-0.39, 0.29) is 11.6 Å². The maximum absolute atomic E-state index is 11.1. The Morgan fingerprint density at radius 3 is 2.94 bits per heavy atom. The Morgan fingerprint density at radius 2 is 2.28 bits per heavy atom. The topological polar surface area (TPSA) is 62.2 Å². The maximum Gasteiger partial charge on any atom is 0.339 e. The van der Waals surface area contributed by atoms with Gasteiger partial charge in [0.25, 0.3) is 0 Å². The summed E-state index contributed by atoms with van der Waals surface area (Å²) in [5.41, 5.74) is 0.178. The molecule has 2 N–H and O–H groups in total. The van der Waals surface area contributed by atoms with Gasteiger partial charge in [0.05, 0.1) is 0 Å². The molecule has 1 fully saturated rings. The summed E-state index contributed by atoms with van der Waals surface area (Å²) in [7, 11) is 0. The van der Waals surface area contributed by atoms with Crippen molar-refractivity contribution in [3.8, 4) is 0 Å². The largest absolute Gasteiger partial charge is 0.478 e. The van der Waals surface area contributed by atoms with Crippen LogP contribution in [0.25, 0.3) is 0 Å². The number of pyridine rings is 1. The Kier molecular flexibility index (Phi) is 4.07. The summed E-state index contributed by atoms with van der Waals surface area (Å²) in [6.07, 6.45) is 4.51. The highest BCUT2D eigenvalue weighted by Crippen LogP contribution is 2.27. The number of nitrogens with zero attached hydrogens (tertiary/aromatic N) is 1. The van der Waals surface area contributed by atoms with Crippen molar-refractivity contribution in [2.24, 2.45) is 5.92 Å². The average molecular weight is 269 g/mol. The van der Waals surface area contributed by atoms with E-state index in [1.54, 1.807) is 0 Å². The van der Waals surface area contributed by atoms with Crippen molar-refractivity contribution < 1.29 is 9.90 Å². The second kappa shape index (κ2) is 5.57. The monoisotopic (exact) mass is 268 g/mol. The molecule has 0 aliphatic heterocycles. The standard InChI is InChI=1S/C13H17ClN2O2/c1-8-3-2-4-9(7-8)15-12-10(13(17)18)5-6-11(14)16-12/h5-6,8-9H,2-4,7H2,1H3,(H,15,16)(H,17,18). The summed E-state index contributed by atoms with van der Waals surface area (Å²) in [5, 5.41) is 12.7.